The molecule has 0 atom stereocenters. The molecule has 9 heteroatoms. The molecule has 8 nitrogen and oxygen atoms in total. The summed E-state index contributed by atoms with van der Waals surface area (Å²) in [6.45, 7) is 4.27. The Morgan fingerprint density at radius 2 is 2.07 bits per heavy atom. The zero-order chi connectivity index (χ0) is 21.5. The van der Waals surface area contributed by atoms with Crippen molar-refractivity contribution in [1.29, 1.82) is 0 Å². The quantitative estimate of drug-likeness (QED) is 0.558. The van der Waals surface area contributed by atoms with E-state index in [4.69, 9.17) is 11.6 Å². The summed E-state index contributed by atoms with van der Waals surface area (Å²) < 4.78 is 2.00. The number of guanidine groups is 1. The Hall–Kier alpha value is -2.74. The summed E-state index contributed by atoms with van der Waals surface area (Å²) in [6.07, 6.45) is 4.12. The van der Waals surface area contributed by atoms with Crippen LogP contribution in [0.2, 0.25) is 5.02 Å². The van der Waals surface area contributed by atoms with Gasteiger partial charge in [-0.3, -0.25) is 9.79 Å². The van der Waals surface area contributed by atoms with Crippen LogP contribution in [0.15, 0.2) is 41.7 Å². The second-order valence-corrected chi connectivity index (χ2v) is 7.83. The van der Waals surface area contributed by atoms with Gasteiger partial charge < -0.3 is 24.6 Å². The van der Waals surface area contributed by atoms with Crippen LogP contribution >= 0.6 is 11.6 Å². The lowest BCUT2D eigenvalue weighted by Crippen LogP contribution is -2.49. The molecule has 0 aromatic carbocycles. The lowest BCUT2D eigenvalue weighted by molar-refractivity contribution is -0.131. The Labute approximate surface area is 183 Å². The molecule has 1 aliphatic rings. The number of nitrogens with zero attached hydrogens (tertiary/aromatic N) is 6. The molecule has 1 fully saturated rings. The molecule has 1 amide bonds. The number of aliphatic imine (C=N–C) groups is 1. The topological polar surface area (TPSA) is 69.0 Å². The zero-order valence-corrected chi connectivity index (χ0v) is 18.6. The van der Waals surface area contributed by atoms with E-state index in [1.807, 2.05) is 58.9 Å². The molecule has 0 bridgehead atoms. The van der Waals surface area contributed by atoms with E-state index in [-0.39, 0.29) is 5.91 Å². The number of rotatable bonds is 6. The minimum Gasteiger partial charge on any atom is -0.356 e. The molecule has 1 aliphatic heterocycles. The van der Waals surface area contributed by atoms with Crippen molar-refractivity contribution in [1.82, 2.24) is 24.7 Å². The van der Waals surface area contributed by atoms with Gasteiger partial charge in [0, 0.05) is 78.4 Å². The van der Waals surface area contributed by atoms with Crippen molar-refractivity contribution in [2.75, 3.05) is 51.7 Å². The van der Waals surface area contributed by atoms with E-state index < -0.39 is 0 Å². The van der Waals surface area contributed by atoms with Gasteiger partial charge in [0.15, 0.2) is 5.96 Å². The van der Waals surface area contributed by atoms with Crippen LogP contribution in [-0.4, -0.2) is 78.0 Å². The number of anilines is 1. The van der Waals surface area contributed by atoms with Crippen molar-refractivity contribution in [3.05, 3.63) is 47.4 Å². The summed E-state index contributed by atoms with van der Waals surface area (Å²) in [4.78, 5) is 27.5. The van der Waals surface area contributed by atoms with Gasteiger partial charge in [0.2, 0.25) is 5.91 Å². The van der Waals surface area contributed by atoms with Gasteiger partial charge in [-0.15, -0.1) is 0 Å². The van der Waals surface area contributed by atoms with E-state index in [2.05, 4.69) is 20.2 Å². The third kappa shape index (κ3) is 5.66. The van der Waals surface area contributed by atoms with Crippen LogP contribution in [0.1, 0.15) is 12.1 Å². The van der Waals surface area contributed by atoms with E-state index in [1.165, 1.54) is 0 Å². The summed E-state index contributed by atoms with van der Waals surface area (Å²) in [5, 5.41) is 4.01. The van der Waals surface area contributed by atoms with Crippen molar-refractivity contribution in [2.24, 2.45) is 12.0 Å². The molecule has 2 aromatic rings. The Balaban J connectivity index is 1.41. The van der Waals surface area contributed by atoms with E-state index >= 15 is 0 Å². The highest BCUT2D eigenvalue weighted by atomic mass is 35.5. The summed E-state index contributed by atoms with van der Waals surface area (Å²) >= 11 is 6.06. The van der Waals surface area contributed by atoms with Crippen LogP contribution in [0.5, 0.6) is 0 Å². The first-order chi connectivity index (χ1) is 14.5. The number of piperazine rings is 1. The van der Waals surface area contributed by atoms with Crippen molar-refractivity contribution in [2.45, 2.75) is 13.0 Å². The van der Waals surface area contributed by atoms with E-state index in [1.54, 1.807) is 13.2 Å². The summed E-state index contributed by atoms with van der Waals surface area (Å²) in [5.41, 5.74) is 1.09. The highest BCUT2D eigenvalue weighted by molar-refractivity contribution is 6.30. The standard InChI is InChI=1S/C21H30ClN7O/c1-23-21(27(3)16-18-14-17(22)15-26(18)2)25-9-7-20(30)29-12-10-28(11-13-29)19-6-4-5-8-24-19/h4-6,8,14-15H,7,9-13,16H2,1-3H3,(H,23,25). The van der Waals surface area contributed by atoms with Crippen LogP contribution in [0, 0.1) is 0 Å². The molecule has 3 rings (SSSR count). The maximum Gasteiger partial charge on any atom is 0.224 e. The number of aromatic nitrogens is 2. The Bertz CT molecular complexity index is 859. The van der Waals surface area contributed by atoms with Gasteiger partial charge in [-0.05, 0) is 18.2 Å². The first-order valence-corrected chi connectivity index (χ1v) is 10.5. The third-order valence-corrected chi connectivity index (χ3v) is 5.48. The monoisotopic (exact) mass is 431 g/mol. The number of hydrogen-bond donors (Lipinski definition) is 1. The minimum atomic E-state index is 0.162. The number of aryl methyl sites for hydroxylation is 1. The number of nitrogens with one attached hydrogen (secondary N) is 1. The summed E-state index contributed by atoms with van der Waals surface area (Å²) in [7, 11) is 5.68. The highest BCUT2D eigenvalue weighted by Crippen LogP contribution is 2.14. The number of carbonyl (C=O) groups is 1. The van der Waals surface area contributed by atoms with Gasteiger partial charge in [0.05, 0.1) is 11.6 Å². The predicted octanol–water partition coefficient (Wildman–Crippen LogP) is 1.82. The maximum atomic E-state index is 12.6. The molecule has 3 heterocycles. The number of pyridine rings is 1. The second-order valence-electron chi connectivity index (χ2n) is 7.40. The van der Waals surface area contributed by atoms with Crippen LogP contribution in [0.4, 0.5) is 5.82 Å². The van der Waals surface area contributed by atoms with Gasteiger partial charge in [0.25, 0.3) is 0 Å². The zero-order valence-electron chi connectivity index (χ0n) is 17.9. The fourth-order valence-corrected chi connectivity index (χ4v) is 3.86. The fourth-order valence-electron chi connectivity index (χ4n) is 3.59. The predicted molar refractivity (Wildman–Crippen MR) is 121 cm³/mol. The number of halogens is 1. The molecule has 2 aromatic heterocycles. The van der Waals surface area contributed by atoms with Gasteiger partial charge in [-0.1, -0.05) is 17.7 Å². The molecule has 0 saturated carbocycles. The van der Waals surface area contributed by atoms with Gasteiger partial charge in [-0.25, -0.2) is 4.98 Å². The van der Waals surface area contributed by atoms with Gasteiger partial charge in [0.1, 0.15) is 5.82 Å². The van der Waals surface area contributed by atoms with Crippen molar-refractivity contribution < 1.29 is 4.79 Å². The molecule has 30 heavy (non-hydrogen) atoms. The molecular formula is C21H30ClN7O. The Kier molecular flexibility index (Phi) is 7.57. The van der Waals surface area contributed by atoms with E-state index in [0.717, 1.165) is 48.7 Å². The van der Waals surface area contributed by atoms with Gasteiger partial charge >= 0.3 is 0 Å². The van der Waals surface area contributed by atoms with Crippen molar-refractivity contribution >= 4 is 29.3 Å². The van der Waals surface area contributed by atoms with Crippen LogP contribution in [-0.2, 0) is 18.4 Å². The largest absolute Gasteiger partial charge is 0.356 e. The number of hydrogen-bond acceptors (Lipinski definition) is 4. The van der Waals surface area contributed by atoms with E-state index in [9.17, 15) is 4.79 Å². The SMILES string of the molecule is CN=C(NCCC(=O)N1CCN(c2ccccn2)CC1)N(C)Cc1cc(Cl)cn1C. The smallest absolute Gasteiger partial charge is 0.224 e. The van der Waals surface area contributed by atoms with Crippen LogP contribution in [0.25, 0.3) is 0 Å². The molecule has 0 spiro atoms. The van der Waals surface area contributed by atoms with Crippen LogP contribution < -0.4 is 10.2 Å². The molecule has 0 unspecified atom stereocenters. The second kappa shape index (κ2) is 10.3. The van der Waals surface area contributed by atoms with Crippen molar-refractivity contribution in [3.8, 4) is 0 Å². The third-order valence-electron chi connectivity index (χ3n) is 5.27. The molecule has 1 N–H and O–H groups in total. The van der Waals surface area contributed by atoms with Crippen LogP contribution in [0.3, 0.4) is 0 Å². The van der Waals surface area contributed by atoms with Gasteiger partial charge in [-0.2, -0.15) is 0 Å². The first-order valence-electron chi connectivity index (χ1n) is 10.1. The lowest BCUT2D eigenvalue weighted by atomic mass is 10.2. The molecule has 0 radical (unpaired) electrons. The number of amides is 1. The average Bonchev–Trinajstić information content (AvgIpc) is 3.08. The molecular weight excluding hydrogens is 402 g/mol. The minimum absolute atomic E-state index is 0.162. The summed E-state index contributed by atoms with van der Waals surface area (Å²) in [5.74, 6) is 1.88. The lowest BCUT2D eigenvalue weighted by Gasteiger charge is -2.35. The average molecular weight is 432 g/mol. The van der Waals surface area contributed by atoms with Crippen molar-refractivity contribution in [3.63, 3.8) is 0 Å². The highest BCUT2D eigenvalue weighted by Gasteiger charge is 2.21. The van der Waals surface area contributed by atoms with E-state index in [0.29, 0.717) is 19.5 Å². The first kappa shape index (κ1) is 22.0. The fraction of sp³-hybridized carbons (Fsp3) is 0.476. The Morgan fingerprint density at radius 1 is 1.30 bits per heavy atom. The molecule has 1 saturated heterocycles. The normalized spacial score (nSPS) is 14.7. The number of carbonyl (C=O) groups excluding carboxylic acids is 1. The maximum absolute atomic E-state index is 12.6. The Morgan fingerprint density at radius 3 is 2.67 bits per heavy atom. The summed E-state index contributed by atoms with van der Waals surface area (Å²) in [6, 6.07) is 7.85. The molecule has 0 aliphatic carbocycles. The molecule has 162 valence electrons.